The van der Waals surface area contributed by atoms with Gasteiger partial charge in [-0.3, -0.25) is 0 Å². The lowest BCUT2D eigenvalue weighted by molar-refractivity contribution is 0.443. The quantitative estimate of drug-likeness (QED) is 0.539. The molecular weight excluding hydrogens is 342 g/mol. The average Bonchev–Trinajstić information content (AvgIpc) is 3.07. The zero-order valence-corrected chi connectivity index (χ0v) is 15.5. The van der Waals surface area contributed by atoms with E-state index in [2.05, 4.69) is 37.4 Å². The molecule has 3 heterocycles. The second-order valence-electron chi connectivity index (χ2n) is 6.74. The second kappa shape index (κ2) is 7.32. The van der Waals surface area contributed by atoms with E-state index >= 15 is 0 Å². The molecule has 0 aliphatic carbocycles. The zero-order valence-electron chi connectivity index (χ0n) is 15.5. The fraction of sp³-hybridized carbons (Fsp3) is 0.368. The Morgan fingerprint density at radius 3 is 2.93 bits per heavy atom. The first-order valence-electron chi connectivity index (χ1n) is 9.09. The molecule has 8 heteroatoms. The summed E-state index contributed by atoms with van der Waals surface area (Å²) >= 11 is 0. The number of rotatable bonds is 4. The van der Waals surface area contributed by atoms with Gasteiger partial charge in [0.1, 0.15) is 5.52 Å². The summed E-state index contributed by atoms with van der Waals surface area (Å²) in [6.45, 7) is 3.85. The standard InChI is InChI=1S/C19H23N7O/c1-12-23-15-4-3-13(11-17(15)27-12)24-19(20)18-16(7-10-22-25-18)26(2)14-5-8-21-9-6-14/h3-4,7,10-11,14,21H,5-6,8-9H2,1-2H3,(H2,20,24). The maximum Gasteiger partial charge on any atom is 0.192 e. The predicted octanol–water partition coefficient (Wildman–Crippen LogP) is 2.15. The van der Waals surface area contributed by atoms with E-state index < -0.39 is 0 Å². The molecular formula is C19H23N7O. The van der Waals surface area contributed by atoms with Gasteiger partial charge in [0.25, 0.3) is 0 Å². The lowest BCUT2D eigenvalue weighted by Crippen LogP contribution is -2.42. The zero-order chi connectivity index (χ0) is 18.8. The number of nitrogens with two attached hydrogens (primary N) is 1. The van der Waals surface area contributed by atoms with E-state index in [0.29, 0.717) is 34.7 Å². The van der Waals surface area contributed by atoms with E-state index in [0.717, 1.165) is 37.1 Å². The van der Waals surface area contributed by atoms with Gasteiger partial charge in [0.15, 0.2) is 23.0 Å². The summed E-state index contributed by atoms with van der Waals surface area (Å²) in [4.78, 5) is 11.1. The van der Waals surface area contributed by atoms with Crippen molar-refractivity contribution >= 4 is 28.3 Å². The van der Waals surface area contributed by atoms with Crippen molar-refractivity contribution in [1.29, 1.82) is 0 Å². The molecule has 0 saturated carbocycles. The number of aryl methyl sites for hydroxylation is 1. The highest BCUT2D eigenvalue weighted by molar-refractivity contribution is 6.02. The van der Waals surface area contributed by atoms with E-state index in [-0.39, 0.29) is 0 Å². The maximum atomic E-state index is 6.31. The molecule has 0 spiro atoms. The minimum absolute atomic E-state index is 0.328. The number of fused-ring (bicyclic) bond motifs is 1. The van der Waals surface area contributed by atoms with Crippen LogP contribution in [0.15, 0.2) is 39.9 Å². The van der Waals surface area contributed by atoms with Crippen molar-refractivity contribution in [1.82, 2.24) is 20.5 Å². The molecule has 1 aliphatic rings. The number of piperidine rings is 1. The number of anilines is 1. The number of nitrogens with one attached hydrogen (secondary N) is 1. The van der Waals surface area contributed by atoms with Crippen LogP contribution in [0.2, 0.25) is 0 Å². The number of benzene rings is 1. The summed E-state index contributed by atoms with van der Waals surface area (Å²) in [6, 6.07) is 7.95. The van der Waals surface area contributed by atoms with Gasteiger partial charge >= 0.3 is 0 Å². The molecule has 140 valence electrons. The van der Waals surface area contributed by atoms with Crippen LogP contribution < -0.4 is 16.0 Å². The van der Waals surface area contributed by atoms with Crippen molar-refractivity contribution in [2.24, 2.45) is 10.7 Å². The lowest BCUT2D eigenvalue weighted by Gasteiger charge is -2.33. The van der Waals surface area contributed by atoms with Crippen molar-refractivity contribution in [3.63, 3.8) is 0 Å². The Morgan fingerprint density at radius 1 is 1.30 bits per heavy atom. The van der Waals surface area contributed by atoms with Gasteiger partial charge < -0.3 is 20.4 Å². The smallest absolute Gasteiger partial charge is 0.192 e. The summed E-state index contributed by atoms with van der Waals surface area (Å²) in [5.41, 5.74) is 10.0. The Labute approximate surface area is 157 Å². The monoisotopic (exact) mass is 365 g/mol. The Kier molecular flexibility index (Phi) is 4.72. The Morgan fingerprint density at radius 2 is 2.11 bits per heavy atom. The Hall–Kier alpha value is -3.00. The minimum Gasteiger partial charge on any atom is -0.441 e. The summed E-state index contributed by atoms with van der Waals surface area (Å²) in [6.07, 6.45) is 3.85. The van der Waals surface area contributed by atoms with E-state index in [4.69, 9.17) is 10.2 Å². The van der Waals surface area contributed by atoms with E-state index in [1.807, 2.05) is 31.2 Å². The SMILES string of the molecule is Cc1nc2ccc(N=C(N)c3nnccc3N(C)C3CCNCC3)cc2o1. The van der Waals surface area contributed by atoms with Crippen LogP contribution >= 0.6 is 0 Å². The Bertz CT molecular complexity index is 975. The molecule has 0 atom stereocenters. The molecule has 27 heavy (non-hydrogen) atoms. The van der Waals surface area contributed by atoms with Crippen molar-refractivity contribution in [2.75, 3.05) is 25.0 Å². The number of nitrogens with zero attached hydrogens (tertiary/aromatic N) is 5. The molecule has 1 aromatic carbocycles. The van der Waals surface area contributed by atoms with Crippen LogP contribution in [0.5, 0.6) is 0 Å². The van der Waals surface area contributed by atoms with Gasteiger partial charge in [-0.1, -0.05) is 0 Å². The van der Waals surface area contributed by atoms with Gasteiger partial charge in [0.05, 0.1) is 17.6 Å². The summed E-state index contributed by atoms with van der Waals surface area (Å²) in [5, 5.41) is 11.7. The lowest BCUT2D eigenvalue weighted by atomic mass is 10.0. The number of hydrogen-bond donors (Lipinski definition) is 2. The van der Waals surface area contributed by atoms with Crippen molar-refractivity contribution in [3.8, 4) is 0 Å². The van der Waals surface area contributed by atoms with Crippen molar-refractivity contribution in [2.45, 2.75) is 25.8 Å². The molecule has 3 N–H and O–H groups in total. The molecule has 1 aliphatic heterocycles. The van der Waals surface area contributed by atoms with Crippen LogP contribution in [-0.2, 0) is 0 Å². The van der Waals surface area contributed by atoms with Gasteiger partial charge in [-0.25, -0.2) is 9.98 Å². The van der Waals surface area contributed by atoms with Crippen LogP contribution in [0.25, 0.3) is 11.1 Å². The van der Waals surface area contributed by atoms with E-state index in [1.165, 1.54) is 0 Å². The second-order valence-corrected chi connectivity index (χ2v) is 6.74. The first-order valence-corrected chi connectivity index (χ1v) is 9.09. The van der Waals surface area contributed by atoms with E-state index in [9.17, 15) is 0 Å². The molecule has 0 unspecified atom stereocenters. The summed E-state index contributed by atoms with van der Waals surface area (Å²) < 4.78 is 5.57. The van der Waals surface area contributed by atoms with Crippen molar-refractivity contribution < 1.29 is 4.42 Å². The third kappa shape index (κ3) is 3.61. The van der Waals surface area contributed by atoms with Gasteiger partial charge in [-0.05, 0) is 44.1 Å². The molecule has 1 fully saturated rings. The van der Waals surface area contributed by atoms with Crippen molar-refractivity contribution in [3.05, 3.63) is 42.0 Å². The van der Waals surface area contributed by atoms with Crippen LogP contribution in [0, 0.1) is 6.92 Å². The van der Waals surface area contributed by atoms with E-state index in [1.54, 1.807) is 6.20 Å². The normalized spacial score (nSPS) is 16.0. The van der Waals surface area contributed by atoms with Gasteiger partial charge in [0, 0.05) is 26.1 Å². The number of amidine groups is 1. The topological polar surface area (TPSA) is 105 Å². The molecule has 2 aromatic heterocycles. The number of aliphatic imine (C=N–C) groups is 1. The first kappa shape index (κ1) is 17.4. The van der Waals surface area contributed by atoms with Crippen LogP contribution in [0.4, 0.5) is 11.4 Å². The fourth-order valence-electron chi connectivity index (χ4n) is 3.47. The highest BCUT2D eigenvalue weighted by Crippen LogP contribution is 2.25. The molecule has 0 bridgehead atoms. The molecule has 4 rings (SSSR count). The highest BCUT2D eigenvalue weighted by Gasteiger charge is 2.22. The fourth-order valence-corrected chi connectivity index (χ4v) is 3.47. The third-order valence-electron chi connectivity index (χ3n) is 4.91. The number of aromatic nitrogens is 3. The molecule has 3 aromatic rings. The van der Waals surface area contributed by atoms with Gasteiger partial charge in [-0.15, -0.1) is 5.10 Å². The van der Waals surface area contributed by atoms with Gasteiger partial charge in [0.2, 0.25) is 0 Å². The summed E-state index contributed by atoms with van der Waals surface area (Å²) in [5.74, 6) is 0.952. The summed E-state index contributed by atoms with van der Waals surface area (Å²) in [7, 11) is 2.08. The first-order chi connectivity index (χ1) is 13.1. The predicted molar refractivity (Wildman–Crippen MR) is 105 cm³/mol. The van der Waals surface area contributed by atoms with Crippen LogP contribution in [0.1, 0.15) is 24.4 Å². The molecule has 8 nitrogen and oxygen atoms in total. The third-order valence-corrected chi connectivity index (χ3v) is 4.91. The van der Waals surface area contributed by atoms with Crippen LogP contribution in [0.3, 0.4) is 0 Å². The molecule has 0 amide bonds. The molecule has 0 radical (unpaired) electrons. The number of hydrogen-bond acceptors (Lipinski definition) is 7. The average molecular weight is 365 g/mol. The highest BCUT2D eigenvalue weighted by atomic mass is 16.3. The Balaban J connectivity index is 1.66. The maximum absolute atomic E-state index is 6.31. The molecule has 1 saturated heterocycles. The van der Waals surface area contributed by atoms with Gasteiger partial charge in [-0.2, -0.15) is 5.10 Å². The minimum atomic E-state index is 0.328. The number of oxazole rings is 1. The van der Waals surface area contributed by atoms with Crippen LogP contribution in [-0.4, -0.2) is 47.2 Å². The largest absolute Gasteiger partial charge is 0.441 e.